The Hall–Kier alpha value is -1.80. The number of sulfone groups is 1. The average Bonchev–Trinajstić information content (AvgIpc) is 2.94. The van der Waals surface area contributed by atoms with E-state index in [1.165, 1.54) is 18.7 Å². The molecule has 150 valence electrons. The number of nitrogens with zero attached hydrogens (tertiary/aromatic N) is 1. The van der Waals surface area contributed by atoms with Gasteiger partial charge in [-0.25, -0.2) is 13.2 Å². The second-order valence-corrected chi connectivity index (χ2v) is 9.14. The van der Waals surface area contributed by atoms with Gasteiger partial charge in [0.25, 0.3) is 5.91 Å². The number of rotatable bonds is 7. The summed E-state index contributed by atoms with van der Waals surface area (Å²) in [6.45, 7) is 5.09. The fourth-order valence-electron chi connectivity index (χ4n) is 2.96. The van der Waals surface area contributed by atoms with Crippen molar-refractivity contribution < 1.29 is 27.5 Å². The van der Waals surface area contributed by atoms with Crippen LogP contribution in [0.4, 0.5) is 0 Å². The van der Waals surface area contributed by atoms with Gasteiger partial charge >= 0.3 is 5.97 Å². The zero-order valence-corrected chi connectivity index (χ0v) is 17.1. The van der Waals surface area contributed by atoms with E-state index in [2.05, 4.69) is 0 Å². The zero-order valence-electron chi connectivity index (χ0n) is 15.6. The van der Waals surface area contributed by atoms with Gasteiger partial charge in [-0.1, -0.05) is 17.7 Å². The van der Waals surface area contributed by atoms with Crippen LogP contribution in [-0.2, 0) is 24.2 Å². The number of likely N-dealkylation sites (N-methyl/N-ethyl adjacent to an activating group) is 1. The second-order valence-electron chi connectivity index (χ2n) is 6.48. The highest BCUT2D eigenvalue weighted by Crippen LogP contribution is 2.20. The van der Waals surface area contributed by atoms with Gasteiger partial charge < -0.3 is 14.4 Å². The largest absolute Gasteiger partial charge is 0.479 e. The van der Waals surface area contributed by atoms with E-state index in [1.54, 1.807) is 31.2 Å². The van der Waals surface area contributed by atoms with E-state index in [-0.39, 0.29) is 17.5 Å². The van der Waals surface area contributed by atoms with Gasteiger partial charge in [0.1, 0.15) is 5.75 Å². The van der Waals surface area contributed by atoms with Crippen LogP contribution in [0, 0.1) is 0 Å². The van der Waals surface area contributed by atoms with Crippen LogP contribution < -0.4 is 4.74 Å². The summed E-state index contributed by atoms with van der Waals surface area (Å²) in [5.41, 5.74) is 0. The third-order valence-electron chi connectivity index (χ3n) is 4.35. The maximum absolute atomic E-state index is 12.6. The summed E-state index contributed by atoms with van der Waals surface area (Å²) < 4.78 is 34.1. The Morgan fingerprint density at radius 1 is 1.30 bits per heavy atom. The Morgan fingerprint density at radius 2 is 2.00 bits per heavy atom. The number of halogens is 1. The van der Waals surface area contributed by atoms with Crippen molar-refractivity contribution in [2.24, 2.45) is 0 Å². The van der Waals surface area contributed by atoms with Crippen molar-refractivity contribution in [3.63, 3.8) is 0 Å². The maximum atomic E-state index is 12.6. The normalized spacial score (nSPS) is 20.5. The van der Waals surface area contributed by atoms with Crippen LogP contribution in [0.3, 0.4) is 0 Å². The van der Waals surface area contributed by atoms with Gasteiger partial charge in [0.15, 0.2) is 22.0 Å². The fraction of sp³-hybridized carbons (Fsp3) is 0.556. The number of amides is 1. The number of ether oxygens (including phenoxy) is 2. The molecule has 1 fully saturated rings. The van der Waals surface area contributed by atoms with E-state index in [0.29, 0.717) is 23.7 Å². The molecule has 1 saturated heterocycles. The molecule has 7 nitrogen and oxygen atoms in total. The van der Waals surface area contributed by atoms with E-state index >= 15 is 0 Å². The summed E-state index contributed by atoms with van der Waals surface area (Å²) >= 11 is 5.88. The molecule has 1 aliphatic heterocycles. The minimum atomic E-state index is -3.12. The van der Waals surface area contributed by atoms with Crippen LogP contribution >= 0.6 is 11.6 Å². The second kappa shape index (κ2) is 8.93. The van der Waals surface area contributed by atoms with E-state index in [1.807, 2.05) is 0 Å². The molecule has 0 aliphatic carbocycles. The Balaban J connectivity index is 1.94. The van der Waals surface area contributed by atoms with Crippen LogP contribution in [0.25, 0.3) is 0 Å². The highest BCUT2D eigenvalue weighted by Gasteiger charge is 2.36. The van der Waals surface area contributed by atoms with Crippen molar-refractivity contribution in [1.29, 1.82) is 0 Å². The molecule has 0 N–H and O–H groups in total. The molecule has 0 spiro atoms. The number of hydrogen-bond acceptors (Lipinski definition) is 6. The van der Waals surface area contributed by atoms with Gasteiger partial charge in [-0.3, -0.25) is 4.79 Å². The molecular weight excluding hydrogens is 394 g/mol. The summed E-state index contributed by atoms with van der Waals surface area (Å²) in [4.78, 5) is 26.3. The van der Waals surface area contributed by atoms with Gasteiger partial charge in [-0.2, -0.15) is 0 Å². The zero-order chi connectivity index (χ0) is 20.2. The van der Waals surface area contributed by atoms with Gasteiger partial charge in [-0.15, -0.1) is 0 Å². The molecule has 0 radical (unpaired) electrons. The summed E-state index contributed by atoms with van der Waals surface area (Å²) in [6.07, 6.45) is -1.57. The first kappa shape index (κ1) is 21.5. The van der Waals surface area contributed by atoms with Crippen LogP contribution in [0.2, 0.25) is 5.02 Å². The van der Waals surface area contributed by atoms with Crippen molar-refractivity contribution in [2.45, 2.75) is 45.4 Å². The highest BCUT2D eigenvalue weighted by atomic mass is 35.5. The van der Waals surface area contributed by atoms with Gasteiger partial charge in [-0.05, 0) is 45.4 Å². The summed E-state index contributed by atoms with van der Waals surface area (Å²) in [6, 6.07) is 6.22. The molecule has 1 aromatic carbocycles. The number of hydrogen-bond donors (Lipinski definition) is 0. The van der Waals surface area contributed by atoms with Crippen molar-refractivity contribution in [2.75, 3.05) is 18.1 Å². The molecule has 3 atom stereocenters. The Kier molecular flexibility index (Phi) is 7.11. The molecule has 2 rings (SSSR count). The van der Waals surface area contributed by atoms with Crippen molar-refractivity contribution >= 4 is 33.3 Å². The Labute approximate surface area is 164 Å². The van der Waals surface area contributed by atoms with Crippen molar-refractivity contribution in [3.8, 4) is 5.75 Å². The maximum Gasteiger partial charge on any atom is 0.347 e. The monoisotopic (exact) mass is 417 g/mol. The average molecular weight is 418 g/mol. The predicted molar refractivity (Wildman–Crippen MR) is 102 cm³/mol. The molecule has 0 bridgehead atoms. The van der Waals surface area contributed by atoms with Gasteiger partial charge in [0, 0.05) is 17.6 Å². The third kappa shape index (κ3) is 5.84. The molecule has 27 heavy (non-hydrogen) atoms. The standard InChI is InChI=1S/C18H24ClNO6S/c1-4-20(15-8-9-27(23,24)11-15)17(21)12(2)26-18(22)13(3)25-16-7-5-6-14(19)10-16/h5-7,10,12-13,15H,4,8-9,11H2,1-3H3. The first-order chi connectivity index (χ1) is 12.6. The molecular formula is C18H24ClNO6S. The molecule has 1 heterocycles. The molecule has 1 amide bonds. The third-order valence-corrected chi connectivity index (χ3v) is 6.34. The number of benzene rings is 1. The molecule has 9 heteroatoms. The lowest BCUT2D eigenvalue weighted by atomic mass is 10.2. The molecule has 1 aromatic rings. The molecule has 1 aliphatic rings. The summed E-state index contributed by atoms with van der Waals surface area (Å²) in [7, 11) is -3.12. The number of carbonyl (C=O) groups is 2. The van der Waals surface area contributed by atoms with E-state index in [0.717, 1.165) is 0 Å². The quantitative estimate of drug-likeness (QED) is 0.631. The van der Waals surface area contributed by atoms with Crippen molar-refractivity contribution in [3.05, 3.63) is 29.3 Å². The lowest BCUT2D eigenvalue weighted by Crippen LogP contribution is -2.47. The smallest absolute Gasteiger partial charge is 0.347 e. The first-order valence-corrected chi connectivity index (χ1v) is 11.0. The van der Waals surface area contributed by atoms with E-state index in [4.69, 9.17) is 21.1 Å². The molecule has 0 saturated carbocycles. The summed E-state index contributed by atoms with van der Waals surface area (Å²) in [5.74, 6) is -0.673. The topological polar surface area (TPSA) is 90.0 Å². The first-order valence-electron chi connectivity index (χ1n) is 8.76. The van der Waals surface area contributed by atoms with Crippen LogP contribution in [0.5, 0.6) is 5.75 Å². The predicted octanol–water partition coefficient (Wildman–Crippen LogP) is 2.07. The highest BCUT2D eigenvalue weighted by molar-refractivity contribution is 7.91. The minimum absolute atomic E-state index is 0.0540. The van der Waals surface area contributed by atoms with Crippen LogP contribution in [-0.4, -0.2) is 61.5 Å². The lowest BCUT2D eigenvalue weighted by Gasteiger charge is -2.29. The number of esters is 1. The number of carbonyl (C=O) groups excluding carboxylic acids is 2. The van der Waals surface area contributed by atoms with Gasteiger partial charge in [0.05, 0.1) is 11.5 Å². The fourth-order valence-corrected chi connectivity index (χ4v) is 4.87. The SMILES string of the molecule is CCN(C(=O)C(C)OC(=O)C(C)Oc1cccc(Cl)c1)C1CCS(=O)(=O)C1. The van der Waals surface area contributed by atoms with Crippen LogP contribution in [0.15, 0.2) is 24.3 Å². The lowest BCUT2D eigenvalue weighted by molar-refractivity contribution is -0.165. The Morgan fingerprint density at radius 3 is 2.56 bits per heavy atom. The van der Waals surface area contributed by atoms with Crippen LogP contribution in [0.1, 0.15) is 27.2 Å². The van der Waals surface area contributed by atoms with E-state index in [9.17, 15) is 18.0 Å². The van der Waals surface area contributed by atoms with Crippen molar-refractivity contribution in [1.82, 2.24) is 4.90 Å². The molecule has 0 aromatic heterocycles. The Bertz CT molecular complexity index is 797. The van der Waals surface area contributed by atoms with E-state index < -0.39 is 33.9 Å². The van der Waals surface area contributed by atoms with Gasteiger partial charge in [0.2, 0.25) is 0 Å². The minimum Gasteiger partial charge on any atom is -0.479 e. The summed E-state index contributed by atoms with van der Waals surface area (Å²) in [5, 5.41) is 0.474. The molecule has 3 unspecified atom stereocenters.